The SMILES string of the molecule is c1ccc(CN2C(c3ccccc3)N(Cc3ccccc3)[C@@H]3CCCC[C@H]32)cc1. The quantitative estimate of drug-likeness (QED) is 0.533. The van der Waals surface area contributed by atoms with E-state index in [9.17, 15) is 0 Å². The molecule has 148 valence electrons. The van der Waals surface area contributed by atoms with E-state index in [4.69, 9.17) is 0 Å². The maximum Gasteiger partial charge on any atom is 0.0897 e. The van der Waals surface area contributed by atoms with Crippen LogP contribution in [0.5, 0.6) is 0 Å². The van der Waals surface area contributed by atoms with E-state index in [-0.39, 0.29) is 0 Å². The molecule has 0 radical (unpaired) electrons. The Morgan fingerprint density at radius 2 is 0.966 bits per heavy atom. The van der Waals surface area contributed by atoms with Gasteiger partial charge in [-0.2, -0.15) is 0 Å². The summed E-state index contributed by atoms with van der Waals surface area (Å²) in [5.41, 5.74) is 4.26. The third-order valence-electron chi connectivity index (χ3n) is 6.69. The average molecular weight is 383 g/mol. The fourth-order valence-corrected chi connectivity index (χ4v) is 5.42. The lowest BCUT2D eigenvalue weighted by Crippen LogP contribution is -2.39. The Hall–Kier alpha value is -2.42. The summed E-state index contributed by atoms with van der Waals surface area (Å²) in [5.74, 6) is 0. The van der Waals surface area contributed by atoms with Gasteiger partial charge in [-0.25, -0.2) is 0 Å². The minimum atomic E-state index is 0.338. The summed E-state index contributed by atoms with van der Waals surface area (Å²) in [7, 11) is 0. The maximum absolute atomic E-state index is 2.79. The highest BCUT2D eigenvalue weighted by atomic mass is 15.5. The number of nitrogens with zero attached hydrogens (tertiary/aromatic N) is 2. The van der Waals surface area contributed by atoms with Crippen LogP contribution in [0.25, 0.3) is 0 Å². The largest absolute Gasteiger partial charge is 0.275 e. The zero-order chi connectivity index (χ0) is 19.5. The van der Waals surface area contributed by atoms with E-state index >= 15 is 0 Å². The van der Waals surface area contributed by atoms with Crippen molar-refractivity contribution in [2.45, 2.75) is 57.0 Å². The molecule has 2 nitrogen and oxygen atoms in total. The summed E-state index contributed by atoms with van der Waals surface area (Å²) in [5, 5.41) is 0. The van der Waals surface area contributed by atoms with Gasteiger partial charge in [0.15, 0.2) is 0 Å². The molecule has 1 saturated heterocycles. The van der Waals surface area contributed by atoms with Crippen molar-refractivity contribution in [3.63, 3.8) is 0 Å². The number of hydrogen-bond acceptors (Lipinski definition) is 2. The summed E-state index contributed by atoms with van der Waals surface area (Å²) < 4.78 is 0. The van der Waals surface area contributed by atoms with E-state index in [0.29, 0.717) is 18.2 Å². The zero-order valence-corrected chi connectivity index (χ0v) is 17.0. The van der Waals surface area contributed by atoms with Crippen LogP contribution in [0.3, 0.4) is 0 Å². The van der Waals surface area contributed by atoms with Gasteiger partial charge >= 0.3 is 0 Å². The molecule has 0 spiro atoms. The van der Waals surface area contributed by atoms with Crippen LogP contribution >= 0.6 is 0 Å². The molecule has 1 aliphatic carbocycles. The highest BCUT2D eigenvalue weighted by molar-refractivity contribution is 5.25. The van der Waals surface area contributed by atoms with Crippen LogP contribution < -0.4 is 0 Å². The monoisotopic (exact) mass is 382 g/mol. The highest BCUT2D eigenvalue weighted by Gasteiger charge is 2.47. The fraction of sp³-hybridized carbons (Fsp3) is 0.333. The lowest BCUT2D eigenvalue weighted by Gasteiger charge is -2.32. The molecule has 2 atom stereocenters. The number of hydrogen-bond donors (Lipinski definition) is 0. The minimum Gasteiger partial charge on any atom is -0.275 e. The summed E-state index contributed by atoms with van der Waals surface area (Å²) >= 11 is 0. The number of fused-ring (bicyclic) bond motifs is 1. The van der Waals surface area contributed by atoms with Crippen molar-refractivity contribution < 1.29 is 0 Å². The smallest absolute Gasteiger partial charge is 0.0897 e. The summed E-state index contributed by atoms with van der Waals surface area (Å²) in [6.45, 7) is 2.04. The van der Waals surface area contributed by atoms with Crippen molar-refractivity contribution in [3.05, 3.63) is 108 Å². The average Bonchev–Trinajstić information content (AvgIpc) is 3.09. The van der Waals surface area contributed by atoms with E-state index in [1.165, 1.54) is 42.4 Å². The second kappa shape index (κ2) is 8.52. The number of rotatable bonds is 5. The molecule has 2 aliphatic rings. The van der Waals surface area contributed by atoms with Gasteiger partial charge in [0.05, 0.1) is 6.17 Å². The van der Waals surface area contributed by atoms with Gasteiger partial charge in [-0.3, -0.25) is 9.80 Å². The topological polar surface area (TPSA) is 6.48 Å². The van der Waals surface area contributed by atoms with Crippen LogP contribution in [0.4, 0.5) is 0 Å². The second-order valence-corrected chi connectivity index (χ2v) is 8.52. The van der Waals surface area contributed by atoms with Crippen molar-refractivity contribution in [1.29, 1.82) is 0 Å². The molecular formula is C27H30N2. The molecule has 0 amide bonds. The molecule has 2 fully saturated rings. The first-order valence-corrected chi connectivity index (χ1v) is 11.0. The maximum atomic E-state index is 2.79. The van der Waals surface area contributed by atoms with E-state index in [1.54, 1.807) is 0 Å². The summed E-state index contributed by atoms with van der Waals surface area (Å²) in [6, 6.07) is 34.5. The Morgan fingerprint density at radius 3 is 1.41 bits per heavy atom. The van der Waals surface area contributed by atoms with Gasteiger partial charge < -0.3 is 0 Å². The molecule has 1 aliphatic heterocycles. The molecule has 1 heterocycles. The molecule has 2 heteroatoms. The first-order valence-electron chi connectivity index (χ1n) is 11.0. The van der Waals surface area contributed by atoms with Crippen LogP contribution in [-0.4, -0.2) is 21.9 Å². The molecule has 0 bridgehead atoms. The summed E-state index contributed by atoms with van der Waals surface area (Å²) in [4.78, 5) is 5.58. The standard InChI is InChI=1S/C27H30N2/c1-4-12-22(13-5-1)20-28-25-18-10-11-19-26(25)29(21-23-14-6-2-7-15-23)27(28)24-16-8-3-9-17-24/h1-9,12-17,25-27H,10-11,18-21H2/t25-,26-/m1/s1. The molecule has 0 unspecified atom stereocenters. The second-order valence-electron chi connectivity index (χ2n) is 8.52. The fourth-order valence-electron chi connectivity index (χ4n) is 5.42. The lowest BCUT2D eigenvalue weighted by molar-refractivity contribution is 0.102. The molecule has 3 aromatic carbocycles. The molecule has 1 saturated carbocycles. The van der Waals surface area contributed by atoms with E-state index < -0.39 is 0 Å². The predicted molar refractivity (Wildman–Crippen MR) is 119 cm³/mol. The Labute approximate surface area is 174 Å². The third kappa shape index (κ3) is 3.88. The molecular weight excluding hydrogens is 352 g/mol. The van der Waals surface area contributed by atoms with Gasteiger partial charge in [-0.1, -0.05) is 104 Å². The lowest BCUT2D eigenvalue weighted by atomic mass is 9.90. The van der Waals surface area contributed by atoms with Gasteiger partial charge in [-0.15, -0.1) is 0 Å². The molecule has 0 N–H and O–H groups in total. The molecule has 3 aromatic rings. The number of benzene rings is 3. The van der Waals surface area contributed by atoms with Crippen LogP contribution in [0.2, 0.25) is 0 Å². The molecule has 29 heavy (non-hydrogen) atoms. The Bertz CT molecular complexity index is 836. The van der Waals surface area contributed by atoms with Crippen molar-refractivity contribution in [2.24, 2.45) is 0 Å². The van der Waals surface area contributed by atoms with Gasteiger partial charge in [0.25, 0.3) is 0 Å². The zero-order valence-electron chi connectivity index (χ0n) is 17.0. The van der Waals surface area contributed by atoms with Crippen molar-refractivity contribution >= 4 is 0 Å². The van der Waals surface area contributed by atoms with Crippen LogP contribution in [-0.2, 0) is 13.1 Å². The van der Waals surface area contributed by atoms with Crippen molar-refractivity contribution in [1.82, 2.24) is 9.80 Å². The normalized spacial score (nSPS) is 23.2. The van der Waals surface area contributed by atoms with Gasteiger partial charge in [0.2, 0.25) is 0 Å². The highest BCUT2D eigenvalue weighted by Crippen LogP contribution is 2.45. The Balaban J connectivity index is 1.54. The first-order chi connectivity index (χ1) is 14.4. The summed E-state index contributed by atoms with van der Waals surface area (Å²) in [6.07, 6.45) is 5.67. The van der Waals surface area contributed by atoms with Crippen molar-refractivity contribution in [3.8, 4) is 0 Å². The first kappa shape index (κ1) is 18.6. The molecule has 5 rings (SSSR count). The van der Waals surface area contributed by atoms with Gasteiger partial charge in [0, 0.05) is 25.2 Å². The predicted octanol–water partition coefficient (Wildman–Crippen LogP) is 6.01. The molecule has 0 aromatic heterocycles. The van der Waals surface area contributed by atoms with Gasteiger partial charge in [0.1, 0.15) is 0 Å². The minimum absolute atomic E-state index is 0.338. The van der Waals surface area contributed by atoms with Crippen LogP contribution in [0, 0.1) is 0 Å². The van der Waals surface area contributed by atoms with Crippen molar-refractivity contribution in [2.75, 3.05) is 0 Å². The Morgan fingerprint density at radius 1 is 0.552 bits per heavy atom. The van der Waals surface area contributed by atoms with E-state index in [0.717, 1.165) is 13.1 Å². The van der Waals surface area contributed by atoms with E-state index in [1.807, 2.05) is 0 Å². The van der Waals surface area contributed by atoms with Gasteiger partial charge in [-0.05, 0) is 29.5 Å². The third-order valence-corrected chi connectivity index (χ3v) is 6.69. The van der Waals surface area contributed by atoms with Crippen LogP contribution in [0.1, 0.15) is 48.5 Å². The Kier molecular flexibility index (Phi) is 5.47. The van der Waals surface area contributed by atoms with E-state index in [2.05, 4.69) is 101 Å². The van der Waals surface area contributed by atoms with Crippen LogP contribution in [0.15, 0.2) is 91.0 Å².